The maximum absolute atomic E-state index is 12.1. The first-order chi connectivity index (χ1) is 9.47. The number of rotatable bonds is 6. The maximum Gasteiger partial charge on any atom is 0.251 e. The molecule has 0 aromatic heterocycles. The lowest BCUT2D eigenvalue weighted by molar-refractivity contribution is 0.0935. The second kappa shape index (κ2) is 7.53. The van der Waals surface area contributed by atoms with E-state index in [4.69, 9.17) is 10.9 Å². The molecule has 0 aliphatic rings. The number of amides is 1. The zero-order chi connectivity index (χ0) is 15.1. The van der Waals surface area contributed by atoms with Crippen molar-refractivity contribution in [1.29, 1.82) is 0 Å². The summed E-state index contributed by atoms with van der Waals surface area (Å²) in [5.41, 5.74) is 6.62. The van der Waals surface area contributed by atoms with Gasteiger partial charge < -0.3 is 16.3 Å². The summed E-state index contributed by atoms with van der Waals surface area (Å²) < 4.78 is 0. The number of nitrogens with two attached hydrogens (primary N) is 1. The van der Waals surface area contributed by atoms with Crippen molar-refractivity contribution in [3.05, 3.63) is 35.4 Å². The fourth-order valence-corrected chi connectivity index (χ4v) is 1.99. The van der Waals surface area contributed by atoms with Crippen LogP contribution in [0.2, 0.25) is 0 Å². The van der Waals surface area contributed by atoms with E-state index < -0.39 is 0 Å². The number of hydrogen-bond donors (Lipinski definition) is 3. The second-order valence-corrected chi connectivity index (χ2v) is 5.19. The van der Waals surface area contributed by atoms with E-state index in [9.17, 15) is 4.79 Å². The highest BCUT2D eigenvalue weighted by Gasteiger charge is 2.12. The van der Waals surface area contributed by atoms with Crippen molar-refractivity contribution in [3.63, 3.8) is 0 Å². The quantitative estimate of drug-likeness (QED) is 0.323. The molecule has 1 aromatic rings. The summed E-state index contributed by atoms with van der Waals surface area (Å²) in [4.78, 5) is 12.1. The average molecular weight is 277 g/mol. The molecule has 1 rings (SSSR count). The van der Waals surface area contributed by atoms with Crippen molar-refractivity contribution in [1.82, 2.24) is 5.32 Å². The van der Waals surface area contributed by atoms with E-state index in [1.807, 2.05) is 6.92 Å². The lowest BCUT2D eigenvalue weighted by Crippen LogP contribution is -2.33. The highest BCUT2D eigenvalue weighted by Crippen LogP contribution is 2.10. The number of nitrogens with one attached hydrogen (secondary N) is 1. The molecule has 0 heterocycles. The van der Waals surface area contributed by atoms with Crippen molar-refractivity contribution in [2.45, 2.75) is 39.7 Å². The summed E-state index contributed by atoms with van der Waals surface area (Å²) in [6, 6.07) is 6.78. The van der Waals surface area contributed by atoms with Gasteiger partial charge in [0.2, 0.25) is 0 Å². The molecule has 4 N–H and O–H groups in total. The standard InChI is InChI=1S/C15H23N3O2/c1-4-10(2)9-11(3)17-15(19)13-7-5-12(6-8-13)14(16)18-20/h5-8,10-11,20H,4,9H2,1-3H3,(H2,16,18)(H,17,19). The zero-order valence-corrected chi connectivity index (χ0v) is 12.3. The van der Waals surface area contributed by atoms with Gasteiger partial charge in [-0.1, -0.05) is 37.6 Å². The molecule has 20 heavy (non-hydrogen) atoms. The number of carbonyl (C=O) groups excluding carboxylic acids is 1. The van der Waals surface area contributed by atoms with Crippen molar-refractivity contribution >= 4 is 11.7 Å². The van der Waals surface area contributed by atoms with E-state index in [1.54, 1.807) is 24.3 Å². The summed E-state index contributed by atoms with van der Waals surface area (Å²) in [6.07, 6.45) is 2.07. The van der Waals surface area contributed by atoms with Gasteiger partial charge in [0.05, 0.1) is 0 Å². The van der Waals surface area contributed by atoms with Crippen molar-refractivity contribution in [2.24, 2.45) is 16.8 Å². The van der Waals surface area contributed by atoms with Gasteiger partial charge in [0.1, 0.15) is 0 Å². The number of amidine groups is 1. The Labute approximate surface area is 119 Å². The zero-order valence-electron chi connectivity index (χ0n) is 12.3. The normalized spacial score (nSPS) is 14.7. The minimum absolute atomic E-state index is 0.0297. The maximum atomic E-state index is 12.1. The molecule has 0 radical (unpaired) electrons. The average Bonchev–Trinajstić information content (AvgIpc) is 2.46. The second-order valence-electron chi connectivity index (χ2n) is 5.19. The van der Waals surface area contributed by atoms with E-state index >= 15 is 0 Å². The number of oxime groups is 1. The molecule has 0 spiro atoms. The van der Waals surface area contributed by atoms with Gasteiger partial charge in [0.25, 0.3) is 5.91 Å². The van der Waals surface area contributed by atoms with Crippen LogP contribution in [0.4, 0.5) is 0 Å². The van der Waals surface area contributed by atoms with E-state index in [1.165, 1.54) is 0 Å². The highest BCUT2D eigenvalue weighted by atomic mass is 16.4. The van der Waals surface area contributed by atoms with E-state index in [0.29, 0.717) is 17.0 Å². The van der Waals surface area contributed by atoms with Crippen LogP contribution in [0.5, 0.6) is 0 Å². The number of benzene rings is 1. The molecule has 1 aromatic carbocycles. The third-order valence-corrected chi connectivity index (χ3v) is 3.38. The molecule has 0 fully saturated rings. The largest absolute Gasteiger partial charge is 0.409 e. The van der Waals surface area contributed by atoms with Gasteiger partial charge in [-0.15, -0.1) is 0 Å². The van der Waals surface area contributed by atoms with E-state index in [2.05, 4.69) is 24.3 Å². The van der Waals surface area contributed by atoms with Gasteiger partial charge in [0.15, 0.2) is 5.84 Å². The van der Waals surface area contributed by atoms with E-state index in [0.717, 1.165) is 12.8 Å². The summed E-state index contributed by atoms with van der Waals surface area (Å²) in [6.45, 7) is 6.33. The van der Waals surface area contributed by atoms with Crippen LogP contribution in [-0.4, -0.2) is 23.0 Å². The smallest absolute Gasteiger partial charge is 0.251 e. The molecule has 0 aliphatic carbocycles. The molecule has 110 valence electrons. The molecule has 2 atom stereocenters. The minimum atomic E-state index is -0.105. The van der Waals surface area contributed by atoms with Gasteiger partial charge in [-0.3, -0.25) is 4.79 Å². The van der Waals surface area contributed by atoms with E-state index in [-0.39, 0.29) is 17.8 Å². The van der Waals surface area contributed by atoms with Gasteiger partial charge in [-0.05, 0) is 31.4 Å². The number of carbonyl (C=O) groups is 1. The Morgan fingerprint density at radius 1 is 1.30 bits per heavy atom. The fraction of sp³-hybridized carbons (Fsp3) is 0.467. The molecular weight excluding hydrogens is 254 g/mol. The number of nitrogens with zero attached hydrogens (tertiary/aromatic N) is 1. The molecule has 5 nitrogen and oxygen atoms in total. The van der Waals surface area contributed by atoms with Crippen LogP contribution in [0.15, 0.2) is 29.4 Å². The summed E-state index contributed by atoms with van der Waals surface area (Å²) in [5, 5.41) is 14.5. The van der Waals surface area contributed by atoms with Crippen molar-refractivity contribution in [2.75, 3.05) is 0 Å². The first-order valence-electron chi connectivity index (χ1n) is 6.86. The predicted molar refractivity (Wildman–Crippen MR) is 80.0 cm³/mol. The Morgan fingerprint density at radius 2 is 1.85 bits per heavy atom. The third kappa shape index (κ3) is 4.57. The fourth-order valence-electron chi connectivity index (χ4n) is 1.99. The Hall–Kier alpha value is -2.04. The molecule has 0 saturated carbocycles. The van der Waals surface area contributed by atoms with Crippen LogP contribution in [0, 0.1) is 5.92 Å². The molecule has 2 unspecified atom stereocenters. The predicted octanol–water partition coefficient (Wildman–Crippen LogP) is 2.34. The summed E-state index contributed by atoms with van der Waals surface area (Å²) >= 11 is 0. The first-order valence-corrected chi connectivity index (χ1v) is 6.86. The molecule has 5 heteroatoms. The van der Waals surface area contributed by atoms with Gasteiger partial charge in [-0.2, -0.15) is 0 Å². The molecule has 1 amide bonds. The van der Waals surface area contributed by atoms with Gasteiger partial charge in [0, 0.05) is 17.2 Å². The Kier molecular flexibility index (Phi) is 6.03. The van der Waals surface area contributed by atoms with Crippen LogP contribution < -0.4 is 11.1 Å². The molecule has 0 saturated heterocycles. The van der Waals surface area contributed by atoms with Crippen molar-refractivity contribution < 1.29 is 10.0 Å². The van der Waals surface area contributed by atoms with Crippen LogP contribution in [0.3, 0.4) is 0 Å². The summed E-state index contributed by atoms with van der Waals surface area (Å²) in [5.74, 6) is 0.516. The molecular formula is C15H23N3O2. The third-order valence-electron chi connectivity index (χ3n) is 3.38. The monoisotopic (exact) mass is 277 g/mol. The minimum Gasteiger partial charge on any atom is -0.409 e. The summed E-state index contributed by atoms with van der Waals surface area (Å²) in [7, 11) is 0. The van der Waals surface area contributed by atoms with Crippen LogP contribution in [-0.2, 0) is 0 Å². The SMILES string of the molecule is CCC(C)CC(C)NC(=O)c1ccc(C(N)=NO)cc1. The first kappa shape index (κ1) is 16.0. The highest BCUT2D eigenvalue weighted by molar-refractivity contribution is 5.99. The topological polar surface area (TPSA) is 87.7 Å². The van der Waals surface area contributed by atoms with Crippen LogP contribution in [0.1, 0.15) is 49.5 Å². The Morgan fingerprint density at radius 3 is 2.35 bits per heavy atom. The lowest BCUT2D eigenvalue weighted by atomic mass is 10.00. The van der Waals surface area contributed by atoms with Crippen LogP contribution in [0.25, 0.3) is 0 Å². The lowest BCUT2D eigenvalue weighted by Gasteiger charge is -2.17. The van der Waals surface area contributed by atoms with Gasteiger partial charge in [-0.25, -0.2) is 0 Å². The van der Waals surface area contributed by atoms with Crippen LogP contribution >= 0.6 is 0 Å². The van der Waals surface area contributed by atoms with Gasteiger partial charge >= 0.3 is 0 Å². The Balaban J connectivity index is 2.64. The Bertz CT molecular complexity index is 469. The molecule has 0 bridgehead atoms. The molecule has 0 aliphatic heterocycles. The van der Waals surface area contributed by atoms with Crippen molar-refractivity contribution in [3.8, 4) is 0 Å². The number of hydrogen-bond acceptors (Lipinski definition) is 3.